The number of pyridine rings is 1. The van der Waals surface area contributed by atoms with E-state index >= 15 is 0 Å². The smallest absolute Gasteiger partial charge is 0.306 e. The molecule has 20 heavy (non-hydrogen) atoms. The first kappa shape index (κ1) is 16.2. The average molecular weight is 292 g/mol. The van der Waals surface area contributed by atoms with Gasteiger partial charge < -0.3 is 5.11 Å². The highest BCUT2D eigenvalue weighted by Crippen LogP contribution is 2.13. The summed E-state index contributed by atoms with van der Waals surface area (Å²) in [5.41, 5.74) is 3.44. The first-order valence-corrected chi connectivity index (χ1v) is 6.34. The van der Waals surface area contributed by atoms with Crippen LogP contribution >= 0.6 is 12.4 Å². The molecule has 0 bridgehead atoms. The number of rotatable bonds is 5. The second-order valence-electron chi connectivity index (χ2n) is 4.80. The lowest BCUT2D eigenvalue weighted by Gasteiger charge is -2.07. The molecule has 1 heterocycles. The topological polar surface area (TPSA) is 50.2 Å². The van der Waals surface area contributed by atoms with Gasteiger partial charge in [-0.1, -0.05) is 37.3 Å². The molecule has 106 valence electrons. The summed E-state index contributed by atoms with van der Waals surface area (Å²) in [5, 5.41) is 8.89. The largest absolute Gasteiger partial charge is 0.481 e. The Morgan fingerprint density at radius 1 is 1.15 bits per heavy atom. The number of aromatic nitrogens is 1. The number of carboxylic acids is 1. The van der Waals surface area contributed by atoms with Crippen molar-refractivity contribution in [2.75, 3.05) is 0 Å². The van der Waals surface area contributed by atoms with Gasteiger partial charge in [-0.25, -0.2) is 0 Å². The Bertz CT molecular complexity index is 540. The fraction of sp³-hybridized carbons (Fsp3) is 0.250. The summed E-state index contributed by atoms with van der Waals surface area (Å²) in [5.74, 6) is -1.09. The number of aliphatic carboxylic acids is 1. The molecule has 1 atom stereocenters. The molecule has 0 fully saturated rings. The Morgan fingerprint density at radius 2 is 1.80 bits per heavy atom. The predicted molar refractivity (Wildman–Crippen MR) is 81.2 cm³/mol. The Kier molecular flexibility index (Phi) is 6.19. The molecule has 1 aromatic heterocycles. The van der Waals surface area contributed by atoms with Crippen LogP contribution in [0.5, 0.6) is 0 Å². The van der Waals surface area contributed by atoms with Crippen molar-refractivity contribution in [1.29, 1.82) is 0 Å². The third-order valence-electron chi connectivity index (χ3n) is 3.12. The van der Waals surface area contributed by atoms with Gasteiger partial charge >= 0.3 is 5.97 Å². The molecule has 0 aliphatic heterocycles. The van der Waals surface area contributed by atoms with E-state index in [2.05, 4.69) is 17.1 Å². The van der Waals surface area contributed by atoms with Crippen molar-refractivity contribution in [1.82, 2.24) is 4.98 Å². The van der Waals surface area contributed by atoms with Crippen LogP contribution in [0.25, 0.3) is 0 Å². The summed E-state index contributed by atoms with van der Waals surface area (Å²) in [6, 6.07) is 12.1. The number of nitrogens with zero attached hydrogens (tertiary/aromatic N) is 1. The van der Waals surface area contributed by atoms with E-state index in [9.17, 15) is 4.79 Å². The zero-order valence-corrected chi connectivity index (χ0v) is 12.1. The lowest BCUT2D eigenvalue weighted by molar-refractivity contribution is -0.141. The molecule has 0 spiro atoms. The molecule has 4 heteroatoms. The number of halogens is 1. The SMILES string of the molecule is CC(Cc1ccc(Cc2cccnc2)cc1)C(=O)O.Cl. The second kappa shape index (κ2) is 7.65. The minimum atomic E-state index is -0.751. The van der Waals surface area contributed by atoms with Gasteiger partial charge in [0.15, 0.2) is 0 Å². The van der Waals surface area contributed by atoms with E-state index < -0.39 is 5.97 Å². The lowest BCUT2D eigenvalue weighted by Crippen LogP contribution is -2.12. The maximum absolute atomic E-state index is 10.8. The number of carbonyl (C=O) groups is 1. The van der Waals surface area contributed by atoms with Gasteiger partial charge in [-0.05, 0) is 35.6 Å². The van der Waals surface area contributed by atoms with Crippen LogP contribution in [-0.4, -0.2) is 16.1 Å². The van der Waals surface area contributed by atoms with Crippen molar-refractivity contribution in [3.63, 3.8) is 0 Å². The van der Waals surface area contributed by atoms with E-state index in [0.29, 0.717) is 6.42 Å². The molecule has 1 N–H and O–H groups in total. The first-order valence-electron chi connectivity index (χ1n) is 6.34. The summed E-state index contributed by atoms with van der Waals surface area (Å²) in [7, 11) is 0. The van der Waals surface area contributed by atoms with E-state index in [1.807, 2.05) is 30.5 Å². The van der Waals surface area contributed by atoms with Crippen molar-refractivity contribution in [2.24, 2.45) is 5.92 Å². The van der Waals surface area contributed by atoms with Crippen molar-refractivity contribution in [2.45, 2.75) is 19.8 Å². The van der Waals surface area contributed by atoms with E-state index in [4.69, 9.17) is 5.11 Å². The molecule has 0 aliphatic rings. The number of hydrogen-bond acceptors (Lipinski definition) is 2. The Labute approximate surface area is 125 Å². The number of carboxylic acid groups (broad SMARTS) is 1. The van der Waals surface area contributed by atoms with Gasteiger partial charge in [0.05, 0.1) is 5.92 Å². The Balaban J connectivity index is 0.00000200. The third-order valence-corrected chi connectivity index (χ3v) is 3.12. The van der Waals surface area contributed by atoms with Crippen molar-refractivity contribution in [3.05, 3.63) is 65.5 Å². The van der Waals surface area contributed by atoms with Crippen LogP contribution < -0.4 is 0 Å². The van der Waals surface area contributed by atoms with Crippen LogP contribution in [0, 0.1) is 5.92 Å². The highest BCUT2D eigenvalue weighted by atomic mass is 35.5. The van der Waals surface area contributed by atoms with Crippen molar-refractivity contribution >= 4 is 18.4 Å². The maximum Gasteiger partial charge on any atom is 0.306 e. The van der Waals surface area contributed by atoms with Crippen LogP contribution in [0.2, 0.25) is 0 Å². The quantitative estimate of drug-likeness (QED) is 0.919. The van der Waals surface area contributed by atoms with Gasteiger partial charge in [0.2, 0.25) is 0 Å². The minimum absolute atomic E-state index is 0. The van der Waals surface area contributed by atoms with E-state index in [1.165, 1.54) is 11.1 Å². The maximum atomic E-state index is 10.8. The molecule has 0 saturated carbocycles. The van der Waals surface area contributed by atoms with Gasteiger partial charge in [0.1, 0.15) is 0 Å². The third kappa shape index (κ3) is 4.67. The van der Waals surface area contributed by atoms with Gasteiger partial charge in [-0.2, -0.15) is 0 Å². The van der Waals surface area contributed by atoms with Crippen molar-refractivity contribution < 1.29 is 9.90 Å². The normalized spacial score (nSPS) is 11.4. The minimum Gasteiger partial charge on any atom is -0.481 e. The summed E-state index contributed by atoms with van der Waals surface area (Å²) >= 11 is 0. The van der Waals surface area contributed by atoms with Gasteiger partial charge in [0, 0.05) is 12.4 Å². The molecule has 2 rings (SSSR count). The number of hydrogen-bond donors (Lipinski definition) is 1. The van der Waals surface area contributed by atoms with Crippen LogP contribution in [-0.2, 0) is 17.6 Å². The Hall–Kier alpha value is -1.87. The highest BCUT2D eigenvalue weighted by molar-refractivity contribution is 5.85. The molecule has 3 nitrogen and oxygen atoms in total. The molecule has 0 radical (unpaired) electrons. The van der Waals surface area contributed by atoms with Crippen LogP contribution in [0.15, 0.2) is 48.8 Å². The summed E-state index contributed by atoms with van der Waals surface area (Å²) in [6.07, 6.45) is 5.05. The van der Waals surface area contributed by atoms with Crippen LogP contribution in [0.3, 0.4) is 0 Å². The molecule has 0 aliphatic carbocycles. The summed E-state index contributed by atoms with van der Waals surface area (Å²) < 4.78 is 0. The Morgan fingerprint density at radius 3 is 2.35 bits per heavy atom. The molecular formula is C16H18ClNO2. The fourth-order valence-corrected chi connectivity index (χ4v) is 1.97. The first-order chi connectivity index (χ1) is 9.15. The standard InChI is InChI=1S/C16H17NO2.ClH/c1-12(16(18)19)9-13-4-6-14(7-5-13)10-15-3-2-8-17-11-15;/h2-8,11-12H,9-10H2,1H3,(H,18,19);1H. The van der Waals surface area contributed by atoms with Crippen LogP contribution in [0.4, 0.5) is 0 Å². The van der Waals surface area contributed by atoms with Gasteiger partial charge in [0.25, 0.3) is 0 Å². The molecule has 2 aromatic rings. The van der Waals surface area contributed by atoms with E-state index in [1.54, 1.807) is 13.1 Å². The van der Waals surface area contributed by atoms with Gasteiger partial charge in [-0.3, -0.25) is 9.78 Å². The molecule has 0 saturated heterocycles. The molecule has 0 amide bonds. The monoisotopic (exact) mass is 291 g/mol. The molecule has 1 aromatic carbocycles. The zero-order chi connectivity index (χ0) is 13.7. The van der Waals surface area contributed by atoms with E-state index in [0.717, 1.165) is 12.0 Å². The number of benzene rings is 1. The highest BCUT2D eigenvalue weighted by Gasteiger charge is 2.11. The molecular weight excluding hydrogens is 274 g/mol. The second-order valence-corrected chi connectivity index (χ2v) is 4.80. The summed E-state index contributed by atoms with van der Waals surface area (Å²) in [4.78, 5) is 14.9. The molecule has 1 unspecified atom stereocenters. The van der Waals surface area contributed by atoms with Crippen molar-refractivity contribution in [3.8, 4) is 0 Å². The summed E-state index contributed by atoms with van der Waals surface area (Å²) in [6.45, 7) is 1.73. The van der Waals surface area contributed by atoms with E-state index in [-0.39, 0.29) is 18.3 Å². The fourth-order valence-electron chi connectivity index (χ4n) is 1.97. The zero-order valence-electron chi connectivity index (χ0n) is 11.3. The predicted octanol–water partition coefficient (Wildman–Crippen LogP) is 3.36. The van der Waals surface area contributed by atoms with Crippen LogP contribution in [0.1, 0.15) is 23.6 Å². The lowest BCUT2D eigenvalue weighted by atomic mass is 9.99. The van der Waals surface area contributed by atoms with Gasteiger partial charge in [-0.15, -0.1) is 12.4 Å². The average Bonchev–Trinajstić information content (AvgIpc) is 2.42.